The van der Waals surface area contributed by atoms with Crippen LogP contribution >= 0.6 is 15.9 Å². The first-order chi connectivity index (χ1) is 18.9. The third kappa shape index (κ3) is 8.40. The quantitative estimate of drug-likeness (QED) is 0.271. The summed E-state index contributed by atoms with van der Waals surface area (Å²) in [4.78, 5) is 29.1. The zero-order chi connectivity index (χ0) is 27.6. The molecule has 0 spiro atoms. The Kier molecular flexibility index (Phi) is 10.5. The minimum Gasteiger partial charge on any atom is -0.483 e. The van der Waals surface area contributed by atoms with Gasteiger partial charge in [0.05, 0.1) is 4.47 Å². The van der Waals surface area contributed by atoms with Crippen molar-refractivity contribution in [2.45, 2.75) is 70.5 Å². The number of carbonyl (C=O) groups excluding carboxylic acids is 2. The van der Waals surface area contributed by atoms with Gasteiger partial charge in [0.2, 0.25) is 5.91 Å². The van der Waals surface area contributed by atoms with Crippen LogP contribution in [0.3, 0.4) is 0 Å². The summed E-state index contributed by atoms with van der Waals surface area (Å²) in [6, 6.07) is 20.9. The van der Waals surface area contributed by atoms with Gasteiger partial charge in [0.1, 0.15) is 17.6 Å². The number of hydrogen-bond donors (Lipinski definition) is 1. The molecule has 0 unspecified atom stereocenters. The minimum atomic E-state index is -0.749. The highest BCUT2D eigenvalue weighted by molar-refractivity contribution is 9.10. The molecule has 1 saturated carbocycles. The van der Waals surface area contributed by atoms with Crippen molar-refractivity contribution in [3.8, 4) is 5.75 Å². The summed E-state index contributed by atoms with van der Waals surface area (Å²) in [5, 5.41) is 3.22. The summed E-state index contributed by atoms with van der Waals surface area (Å²) >= 11 is 3.54. The third-order valence-electron chi connectivity index (χ3n) is 7.24. The second-order valence-electron chi connectivity index (χ2n) is 10.1. The van der Waals surface area contributed by atoms with Gasteiger partial charge in [-0.05, 0) is 76.1 Å². The summed E-state index contributed by atoms with van der Waals surface area (Å²) in [6.45, 7) is 2.01. The lowest BCUT2D eigenvalue weighted by molar-refractivity contribution is -0.143. The number of nitrogens with zero attached hydrogens (tertiary/aromatic N) is 1. The van der Waals surface area contributed by atoms with Crippen molar-refractivity contribution in [2.24, 2.45) is 0 Å². The van der Waals surface area contributed by atoms with Gasteiger partial charge in [0.15, 0.2) is 6.61 Å². The Morgan fingerprint density at radius 2 is 1.67 bits per heavy atom. The Balaban J connectivity index is 1.60. The second-order valence-corrected chi connectivity index (χ2v) is 11.0. The number of hydrogen-bond acceptors (Lipinski definition) is 3. The van der Waals surface area contributed by atoms with E-state index in [1.807, 2.05) is 48.5 Å². The molecule has 4 rings (SSSR count). The van der Waals surface area contributed by atoms with E-state index in [9.17, 15) is 14.0 Å². The fourth-order valence-electron chi connectivity index (χ4n) is 4.99. The van der Waals surface area contributed by atoms with Gasteiger partial charge in [0, 0.05) is 19.0 Å². The Hall–Kier alpha value is -3.19. The molecular weight excluding hydrogens is 559 g/mol. The molecule has 0 aromatic heterocycles. The van der Waals surface area contributed by atoms with Gasteiger partial charge in [-0.2, -0.15) is 0 Å². The zero-order valence-electron chi connectivity index (χ0n) is 22.4. The molecule has 0 heterocycles. The van der Waals surface area contributed by atoms with Crippen LogP contribution in [0.1, 0.15) is 55.7 Å². The summed E-state index contributed by atoms with van der Waals surface area (Å²) < 4.78 is 20.4. The predicted molar refractivity (Wildman–Crippen MR) is 155 cm³/mol. The van der Waals surface area contributed by atoms with Gasteiger partial charge in [0.25, 0.3) is 5.91 Å². The molecule has 1 aliphatic carbocycles. The number of rotatable bonds is 11. The van der Waals surface area contributed by atoms with Crippen LogP contribution < -0.4 is 10.1 Å². The maximum Gasteiger partial charge on any atom is 0.261 e. The van der Waals surface area contributed by atoms with Crippen molar-refractivity contribution < 1.29 is 18.7 Å². The van der Waals surface area contributed by atoms with Crippen molar-refractivity contribution in [3.63, 3.8) is 0 Å². The molecule has 1 N–H and O–H groups in total. The van der Waals surface area contributed by atoms with Gasteiger partial charge >= 0.3 is 0 Å². The van der Waals surface area contributed by atoms with E-state index in [1.54, 1.807) is 17.0 Å². The van der Waals surface area contributed by atoms with Crippen molar-refractivity contribution in [1.82, 2.24) is 10.2 Å². The van der Waals surface area contributed by atoms with Gasteiger partial charge < -0.3 is 15.0 Å². The Bertz CT molecular complexity index is 1230. The van der Waals surface area contributed by atoms with Gasteiger partial charge in [-0.3, -0.25) is 9.59 Å². The number of ether oxygens (including phenoxy) is 1. The lowest BCUT2D eigenvalue weighted by Gasteiger charge is -2.33. The van der Waals surface area contributed by atoms with E-state index < -0.39 is 6.04 Å². The van der Waals surface area contributed by atoms with E-state index in [4.69, 9.17) is 4.74 Å². The van der Waals surface area contributed by atoms with Crippen LogP contribution in [-0.4, -0.2) is 35.4 Å². The highest BCUT2D eigenvalue weighted by atomic mass is 79.9. The molecule has 5 nitrogen and oxygen atoms in total. The second kappa shape index (κ2) is 14.3. The predicted octanol–water partition coefficient (Wildman–Crippen LogP) is 6.62. The van der Waals surface area contributed by atoms with Gasteiger partial charge in [-0.15, -0.1) is 0 Å². The molecule has 206 valence electrons. The van der Waals surface area contributed by atoms with Crippen LogP contribution in [0, 0.1) is 5.82 Å². The zero-order valence-corrected chi connectivity index (χ0v) is 24.0. The lowest BCUT2D eigenvalue weighted by atomic mass is 9.94. The van der Waals surface area contributed by atoms with Crippen molar-refractivity contribution in [2.75, 3.05) is 6.61 Å². The molecule has 0 aliphatic heterocycles. The minimum absolute atomic E-state index is 0.108. The van der Waals surface area contributed by atoms with Crippen LogP contribution in [0.5, 0.6) is 5.75 Å². The normalized spacial score (nSPS) is 14.4. The first-order valence-electron chi connectivity index (χ1n) is 13.7. The van der Waals surface area contributed by atoms with Crippen molar-refractivity contribution >= 4 is 27.7 Å². The fourth-order valence-corrected chi connectivity index (χ4v) is 5.53. The smallest absolute Gasteiger partial charge is 0.261 e. The number of carbonyl (C=O) groups is 2. The summed E-state index contributed by atoms with van der Waals surface area (Å²) in [7, 11) is 0. The first kappa shape index (κ1) is 28.8. The molecule has 7 heteroatoms. The highest BCUT2D eigenvalue weighted by Gasteiger charge is 2.32. The van der Waals surface area contributed by atoms with Gasteiger partial charge in [-0.25, -0.2) is 4.39 Å². The van der Waals surface area contributed by atoms with E-state index >= 15 is 0 Å². The van der Waals surface area contributed by atoms with E-state index in [-0.39, 0.29) is 36.8 Å². The number of amides is 2. The van der Waals surface area contributed by atoms with Crippen LogP contribution in [0.25, 0.3) is 0 Å². The SMILES string of the molecule is CCc1ccc(OCC(=O)N(Cc2ccc(F)cc2)[C@@H](Cc2ccccc2)C(=O)NC2CCCCC2)c(Br)c1. The molecule has 0 bridgehead atoms. The lowest BCUT2D eigenvalue weighted by Crippen LogP contribution is -2.53. The van der Waals surface area contributed by atoms with Crippen LogP contribution in [0.4, 0.5) is 4.39 Å². The average Bonchev–Trinajstić information content (AvgIpc) is 2.96. The standard InChI is InChI=1S/C32H36BrFN2O3/c1-2-23-15-18-30(28(33)19-23)39-22-31(37)36(21-25-13-16-26(34)17-14-25)29(20-24-9-5-3-6-10-24)32(38)35-27-11-7-4-8-12-27/h3,5-6,9-10,13-19,27,29H,2,4,7-8,11-12,20-22H2,1H3,(H,35,38)/t29-/m0/s1. The maximum absolute atomic E-state index is 13.8. The fraction of sp³-hybridized carbons (Fsp3) is 0.375. The first-order valence-corrected chi connectivity index (χ1v) is 14.5. The number of halogens is 2. The molecule has 1 atom stereocenters. The monoisotopic (exact) mass is 594 g/mol. The molecular formula is C32H36BrFN2O3. The van der Waals surface area contributed by atoms with E-state index in [0.717, 1.165) is 53.3 Å². The Morgan fingerprint density at radius 3 is 2.33 bits per heavy atom. The number of benzene rings is 3. The van der Waals surface area contributed by atoms with E-state index in [2.05, 4.69) is 28.2 Å². The van der Waals surface area contributed by atoms with Crippen LogP contribution in [0.15, 0.2) is 77.3 Å². The average molecular weight is 596 g/mol. The molecule has 3 aromatic rings. The summed E-state index contributed by atoms with van der Waals surface area (Å²) in [5.74, 6) is -0.273. The molecule has 39 heavy (non-hydrogen) atoms. The maximum atomic E-state index is 13.8. The highest BCUT2D eigenvalue weighted by Crippen LogP contribution is 2.27. The number of nitrogens with one attached hydrogen (secondary N) is 1. The van der Waals surface area contributed by atoms with Crippen LogP contribution in [-0.2, 0) is 29.0 Å². The summed E-state index contributed by atoms with van der Waals surface area (Å²) in [5.41, 5.74) is 2.85. The largest absolute Gasteiger partial charge is 0.483 e. The molecule has 1 aliphatic rings. The Morgan fingerprint density at radius 1 is 0.974 bits per heavy atom. The Labute approximate surface area is 238 Å². The van der Waals surface area contributed by atoms with Crippen molar-refractivity contribution in [1.29, 1.82) is 0 Å². The summed E-state index contributed by atoms with van der Waals surface area (Å²) in [6.07, 6.45) is 6.50. The molecule has 0 saturated heterocycles. The van der Waals surface area contributed by atoms with Crippen LogP contribution in [0.2, 0.25) is 0 Å². The van der Waals surface area contributed by atoms with E-state index in [1.165, 1.54) is 18.6 Å². The third-order valence-corrected chi connectivity index (χ3v) is 7.86. The number of aryl methyl sites for hydroxylation is 1. The van der Waals surface area contributed by atoms with Crippen molar-refractivity contribution in [3.05, 3.63) is 99.8 Å². The molecule has 3 aromatic carbocycles. The molecule has 2 amide bonds. The molecule has 1 fully saturated rings. The van der Waals surface area contributed by atoms with Gasteiger partial charge in [-0.1, -0.05) is 74.7 Å². The topological polar surface area (TPSA) is 58.6 Å². The molecule has 0 radical (unpaired) electrons. The van der Waals surface area contributed by atoms with E-state index in [0.29, 0.717) is 12.2 Å².